The third-order valence-electron chi connectivity index (χ3n) is 11.5. The van der Waals surface area contributed by atoms with Gasteiger partial charge in [-0.1, -0.05) is 83.7 Å². The lowest BCUT2D eigenvalue weighted by atomic mass is 9.47. The molecule has 0 N–H and O–H groups in total. The largest absolute Gasteiger partial charge is 0.458 e. The van der Waals surface area contributed by atoms with Gasteiger partial charge in [0.05, 0.1) is 5.56 Å². The average Bonchev–Trinajstić information content (AvgIpc) is 3.22. The van der Waals surface area contributed by atoms with Gasteiger partial charge >= 0.3 is 5.97 Å². The highest BCUT2D eigenvalue weighted by atomic mass is 16.5. The third-order valence-corrected chi connectivity index (χ3v) is 11.5. The number of esters is 1. The zero-order valence-corrected chi connectivity index (χ0v) is 23.6. The van der Waals surface area contributed by atoms with Crippen LogP contribution in [-0.4, -0.2) is 12.1 Å². The third kappa shape index (κ3) is 4.71. The Hall–Kier alpha value is -1.57. The number of ether oxygens (including phenoxy) is 1. The molecule has 0 aromatic heterocycles. The maximum absolute atomic E-state index is 12.7. The summed E-state index contributed by atoms with van der Waals surface area (Å²) in [6, 6.07) is 9.49. The molecule has 0 radical (unpaired) electrons. The van der Waals surface area contributed by atoms with Gasteiger partial charge in [0.25, 0.3) is 0 Å². The number of rotatable bonds is 7. The van der Waals surface area contributed by atoms with Crippen molar-refractivity contribution in [2.45, 2.75) is 111 Å². The predicted molar refractivity (Wildman–Crippen MR) is 149 cm³/mol. The lowest BCUT2D eigenvalue weighted by molar-refractivity contribution is -0.0594. The molecule has 0 heterocycles. The normalized spacial score (nSPS) is 38.5. The van der Waals surface area contributed by atoms with E-state index in [1.165, 1.54) is 57.8 Å². The van der Waals surface area contributed by atoms with E-state index in [1.54, 1.807) is 5.57 Å². The molecule has 4 aliphatic rings. The summed E-state index contributed by atoms with van der Waals surface area (Å²) < 4.78 is 6.00. The minimum absolute atomic E-state index is 0.0324. The van der Waals surface area contributed by atoms with E-state index in [4.69, 9.17) is 4.74 Å². The van der Waals surface area contributed by atoms with E-state index in [1.807, 2.05) is 30.3 Å². The average molecular weight is 491 g/mol. The molecule has 36 heavy (non-hydrogen) atoms. The standard InChI is InChI=1S/C34H50O2/c1-23(2)10-9-11-24(3)29-16-17-30-28-15-14-26-22-27(36-32(35)25-12-7-6-8-13-25)18-20-33(26,4)31(28)19-21-34(29,30)5/h6-8,12-14,23-24,27-31H,9-11,15-22H2,1-5H3/t24-,27+,28?,29-,30+,31+,33+,34-/m1/s1. The Balaban J connectivity index is 1.25. The molecule has 8 atom stereocenters. The monoisotopic (exact) mass is 490 g/mol. The fourth-order valence-electron chi connectivity index (χ4n) is 9.55. The number of hydrogen-bond acceptors (Lipinski definition) is 2. The van der Waals surface area contributed by atoms with Crippen molar-refractivity contribution in [3.63, 3.8) is 0 Å². The summed E-state index contributed by atoms with van der Waals surface area (Å²) in [5, 5.41) is 0. The Kier molecular flexibility index (Phi) is 7.45. The van der Waals surface area contributed by atoms with Crippen molar-refractivity contribution in [3.05, 3.63) is 47.5 Å². The minimum atomic E-state index is -0.161. The van der Waals surface area contributed by atoms with Crippen molar-refractivity contribution in [1.29, 1.82) is 0 Å². The van der Waals surface area contributed by atoms with Crippen LogP contribution in [0.5, 0.6) is 0 Å². The fraction of sp³-hybridized carbons (Fsp3) is 0.735. The number of benzene rings is 1. The molecule has 0 amide bonds. The lowest BCUT2D eigenvalue weighted by Gasteiger charge is -2.58. The lowest BCUT2D eigenvalue weighted by Crippen LogP contribution is -2.51. The van der Waals surface area contributed by atoms with Gasteiger partial charge in [-0.15, -0.1) is 0 Å². The molecule has 1 unspecified atom stereocenters. The summed E-state index contributed by atoms with van der Waals surface area (Å²) in [7, 11) is 0. The van der Waals surface area contributed by atoms with Crippen molar-refractivity contribution in [2.24, 2.45) is 46.3 Å². The van der Waals surface area contributed by atoms with Gasteiger partial charge in [0.15, 0.2) is 0 Å². The van der Waals surface area contributed by atoms with E-state index in [-0.39, 0.29) is 12.1 Å². The summed E-state index contributed by atoms with van der Waals surface area (Å²) in [6.45, 7) is 12.6. The number of hydrogen-bond donors (Lipinski definition) is 0. The fourth-order valence-corrected chi connectivity index (χ4v) is 9.55. The number of carbonyl (C=O) groups is 1. The van der Waals surface area contributed by atoms with E-state index in [2.05, 4.69) is 40.7 Å². The zero-order valence-electron chi connectivity index (χ0n) is 23.6. The Morgan fingerprint density at radius 2 is 1.75 bits per heavy atom. The van der Waals surface area contributed by atoms with Gasteiger partial charge in [0.2, 0.25) is 0 Å². The summed E-state index contributed by atoms with van der Waals surface area (Å²) in [6.07, 6.45) is 17.0. The van der Waals surface area contributed by atoms with Crippen LogP contribution in [0.25, 0.3) is 0 Å². The molecular weight excluding hydrogens is 440 g/mol. The van der Waals surface area contributed by atoms with Crippen LogP contribution in [-0.2, 0) is 4.74 Å². The SMILES string of the molecule is CC(C)CCC[C@@H](C)[C@H]1CC[C@H]2C3CC=C4C[C@@H](OC(=O)c5ccccc5)CC[C@]4(C)[C@H]3CC[C@]12C. The molecule has 1 aromatic carbocycles. The van der Waals surface area contributed by atoms with Crippen molar-refractivity contribution in [1.82, 2.24) is 0 Å². The summed E-state index contributed by atoms with van der Waals surface area (Å²) in [5.41, 5.74) is 3.12. The van der Waals surface area contributed by atoms with Crippen LogP contribution in [0.3, 0.4) is 0 Å². The zero-order chi connectivity index (χ0) is 25.5. The molecule has 2 nitrogen and oxygen atoms in total. The highest BCUT2D eigenvalue weighted by Crippen LogP contribution is 2.67. The molecule has 0 saturated heterocycles. The van der Waals surface area contributed by atoms with Crippen molar-refractivity contribution in [3.8, 4) is 0 Å². The van der Waals surface area contributed by atoms with E-state index < -0.39 is 0 Å². The number of carbonyl (C=O) groups excluding carboxylic acids is 1. The maximum atomic E-state index is 12.7. The van der Waals surface area contributed by atoms with Crippen LogP contribution >= 0.6 is 0 Å². The van der Waals surface area contributed by atoms with Crippen LogP contribution in [0.2, 0.25) is 0 Å². The maximum Gasteiger partial charge on any atom is 0.338 e. The van der Waals surface area contributed by atoms with E-state index in [0.717, 1.165) is 48.3 Å². The Labute approximate surface area is 220 Å². The second-order valence-corrected chi connectivity index (χ2v) is 13.9. The minimum Gasteiger partial charge on any atom is -0.458 e. The van der Waals surface area contributed by atoms with Crippen LogP contribution < -0.4 is 0 Å². The topological polar surface area (TPSA) is 26.3 Å². The predicted octanol–water partition coefficient (Wildman–Crippen LogP) is 9.25. The van der Waals surface area contributed by atoms with Crippen molar-refractivity contribution < 1.29 is 9.53 Å². The number of allylic oxidation sites excluding steroid dienone is 1. The van der Waals surface area contributed by atoms with E-state index in [0.29, 0.717) is 16.4 Å². The Morgan fingerprint density at radius 1 is 0.972 bits per heavy atom. The molecule has 5 rings (SSSR count). The van der Waals surface area contributed by atoms with Gasteiger partial charge < -0.3 is 4.74 Å². The van der Waals surface area contributed by atoms with Crippen LogP contribution in [0, 0.1) is 46.3 Å². The summed E-state index contributed by atoms with van der Waals surface area (Å²) >= 11 is 0. The molecule has 2 heteroatoms. The van der Waals surface area contributed by atoms with E-state index in [9.17, 15) is 4.79 Å². The summed E-state index contributed by atoms with van der Waals surface area (Å²) in [4.78, 5) is 12.7. The smallest absolute Gasteiger partial charge is 0.338 e. The number of fused-ring (bicyclic) bond motifs is 5. The molecule has 3 fully saturated rings. The highest BCUT2D eigenvalue weighted by Gasteiger charge is 2.59. The molecule has 0 aliphatic heterocycles. The van der Waals surface area contributed by atoms with E-state index >= 15 is 0 Å². The molecule has 0 bridgehead atoms. The van der Waals surface area contributed by atoms with Gasteiger partial charge in [-0.2, -0.15) is 0 Å². The van der Waals surface area contributed by atoms with Crippen LogP contribution in [0.1, 0.15) is 116 Å². The van der Waals surface area contributed by atoms with Crippen LogP contribution in [0.15, 0.2) is 42.0 Å². The van der Waals surface area contributed by atoms with Crippen LogP contribution in [0.4, 0.5) is 0 Å². The first-order valence-electron chi connectivity index (χ1n) is 15.2. The Morgan fingerprint density at radius 3 is 2.50 bits per heavy atom. The molecule has 0 spiro atoms. The Bertz CT molecular complexity index is 947. The van der Waals surface area contributed by atoms with Gasteiger partial charge in [-0.05, 0) is 103 Å². The van der Waals surface area contributed by atoms with Gasteiger partial charge in [0.1, 0.15) is 6.10 Å². The van der Waals surface area contributed by atoms with Gasteiger partial charge in [-0.25, -0.2) is 4.79 Å². The van der Waals surface area contributed by atoms with Crippen molar-refractivity contribution >= 4 is 5.97 Å². The molecule has 1 aromatic rings. The van der Waals surface area contributed by atoms with Gasteiger partial charge in [0, 0.05) is 6.42 Å². The highest BCUT2D eigenvalue weighted by molar-refractivity contribution is 5.89. The molecular formula is C34H50O2. The van der Waals surface area contributed by atoms with Gasteiger partial charge in [-0.3, -0.25) is 0 Å². The second kappa shape index (κ2) is 10.3. The first-order chi connectivity index (χ1) is 17.2. The first-order valence-corrected chi connectivity index (χ1v) is 15.2. The molecule has 4 aliphatic carbocycles. The second-order valence-electron chi connectivity index (χ2n) is 13.9. The first kappa shape index (κ1) is 26.1. The van der Waals surface area contributed by atoms with Crippen molar-refractivity contribution in [2.75, 3.05) is 0 Å². The molecule has 3 saturated carbocycles. The molecule has 198 valence electrons. The quantitative estimate of drug-likeness (QED) is 0.281. The summed E-state index contributed by atoms with van der Waals surface area (Å²) in [5.74, 6) is 5.03.